The molecule has 5 aromatic carbocycles. The van der Waals surface area contributed by atoms with Crippen molar-refractivity contribution in [2.45, 2.75) is 6.29 Å². The van der Waals surface area contributed by atoms with Crippen LogP contribution in [0.5, 0.6) is 11.5 Å². The van der Waals surface area contributed by atoms with Crippen LogP contribution in [0.4, 0.5) is 0 Å². The Balaban J connectivity index is 1.56. The van der Waals surface area contributed by atoms with E-state index in [-0.39, 0.29) is 0 Å². The van der Waals surface area contributed by atoms with Gasteiger partial charge in [0, 0.05) is 5.56 Å². The van der Waals surface area contributed by atoms with Crippen LogP contribution in [-0.2, 0) is 0 Å². The fourth-order valence-corrected chi connectivity index (χ4v) is 3.58. The Morgan fingerprint density at radius 3 is 1.69 bits per heavy atom. The minimum Gasteiger partial charge on any atom is -0.451 e. The van der Waals surface area contributed by atoms with Crippen LogP contribution in [0, 0.1) is 0 Å². The number of hydrogen-bond acceptors (Lipinski definition) is 2. The maximum absolute atomic E-state index is 6.22. The van der Waals surface area contributed by atoms with Gasteiger partial charge in [-0.05, 0) is 51.9 Å². The van der Waals surface area contributed by atoms with Gasteiger partial charge in [0.15, 0.2) is 0 Å². The van der Waals surface area contributed by atoms with E-state index in [1.54, 1.807) is 0 Å². The molecular weight excluding hydrogens is 356 g/mol. The lowest BCUT2D eigenvalue weighted by Crippen LogP contribution is -2.15. The third-order valence-corrected chi connectivity index (χ3v) is 5.01. The summed E-state index contributed by atoms with van der Waals surface area (Å²) in [7, 11) is 0. The molecule has 29 heavy (non-hydrogen) atoms. The lowest BCUT2D eigenvalue weighted by Gasteiger charge is -2.21. The van der Waals surface area contributed by atoms with Crippen molar-refractivity contribution in [2.24, 2.45) is 0 Å². The zero-order valence-corrected chi connectivity index (χ0v) is 15.9. The highest BCUT2D eigenvalue weighted by Gasteiger charge is 2.16. The molecule has 0 atom stereocenters. The zero-order chi connectivity index (χ0) is 19.5. The Labute approximate surface area is 170 Å². The van der Waals surface area contributed by atoms with Crippen molar-refractivity contribution in [3.05, 3.63) is 121 Å². The van der Waals surface area contributed by atoms with Crippen LogP contribution in [0.1, 0.15) is 11.9 Å². The van der Waals surface area contributed by atoms with Crippen molar-refractivity contribution in [1.29, 1.82) is 0 Å². The number of benzene rings is 5. The van der Waals surface area contributed by atoms with E-state index in [1.807, 2.05) is 60.7 Å². The van der Waals surface area contributed by atoms with Crippen LogP contribution in [0.25, 0.3) is 21.5 Å². The fraction of sp³-hybridized carbons (Fsp3) is 0.0370. The quantitative estimate of drug-likeness (QED) is 0.239. The number of fused-ring (bicyclic) bond motifs is 3. The minimum atomic E-state index is -0.546. The van der Waals surface area contributed by atoms with Crippen LogP contribution in [0.2, 0.25) is 0 Å². The maximum Gasteiger partial charge on any atom is 0.267 e. The topological polar surface area (TPSA) is 18.5 Å². The first kappa shape index (κ1) is 17.3. The molecular formula is C27H20O2. The molecule has 0 radical (unpaired) electrons. The average molecular weight is 376 g/mol. The molecule has 5 rings (SSSR count). The van der Waals surface area contributed by atoms with Crippen LogP contribution >= 0.6 is 0 Å². The molecule has 0 bridgehead atoms. The minimum absolute atomic E-state index is 0.546. The Kier molecular flexibility index (Phi) is 4.59. The summed E-state index contributed by atoms with van der Waals surface area (Å²) in [5, 5.41) is 4.89. The van der Waals surface area contributed by atoms with Crippen molar-refractivity contribution in [3.63, 3.8) is 0 Å². The first-order valence-electron chi connectivity index (χ1n) is 9.72. The van der Waals surface area contributed by atoms with E-state index in [1.165, 1.54) is 21.5 Å². The van der Waals surface area contributed by atoms with Crippen molar-refractivity contribution >= 4 is 21.5 Å². The van der Waals surface area contributed by atoms with Gasteiger partial charge in [0.2, 0.25) is 0 Å². The normalized spacial score (nSPS) is 11.1. The number of rotatable bonds is 5. The smallest absolute Gasteiger partial charge is 0.267 e. The number of hydrogen-bond donors (Lipinski definition) is 0. The molecule has 5 aromatic rings. The van der Waals surface area contributed by atoms with E-state index in [9.17, 15) is 0 Å². The molecule has 0 amide bonds. The second kappa shape index (κ2) is 7.69. The zero-order valence-electron chi connectivity index (χ0n) is 15.9. The lowest BCUT2D eigenvalue weighted by molar-refractivity contribution is 0.00392. The van der Waals surface area contributed by atoms with Gasteiger partial charge in [-0.2, -0.15) is 0 Å². The molecule has 0 N–H and O–H groups in total. The molecule has 0 fully saturated rings. The van der Waals surface area contributed by atoms with E-state index < -0.39 is 6.29 Å². The molecule has 2 heteroatoms. The molecule has 0 heterocycles. The molecule has 0 spiro atoms. The highest BCUT2D eigenvalue weighted by molar-refractivity contribution is 6.07. The van der Waals surface area contributed by atoms with Gasteiger partial charge in [0.1, 0.15) is 11.5 Å². The Morgan fingerprint density at radius 2 is 1.00 bits per heavy atom. The van der Waals surface area contributed by atoms with E-state index in [0.29, 0.717) is 0 Å². The van der Waals surface area contributed by atoms with Gasteiger partial charge in [-0.15, -0.1) is 0 Å². The van der Waals surface area contributed by atoms with Gasteiger partial charge >= 0.3 is 0 Å². The standard InChI is InChI=1S/C27H20O2/c1-3-10-23(11-4-1)28-27(29-24-12-5-2-6-13-24)22-17-18-26-21(19-22)16-15-20-9-7-8-14-25(20)26/h1-19,27H. The Hall–Kier alpha value is -3.78. The first-order chi connectivity index (χ1) is 14.4. The summed E-state index contributed by atoms with van der Waals surface area (Å²) >= 11 is 0. The molecule has 0 saturated heterocycles. The molecule has 0 aliphatic carbocycles. The van der Waals surface area contributed by atoms with Crippen LogP contribution < -0.4 is 9.47 Å². The van der Waals surface area contributed by atoms with Crippen molar-refractivity contribution in [3.8, 4) is 11.5 Å². The van der Waals surface area contributed by atoms with Crippen molar-refractivity contribution in [2.75, 3.05) is 0 Å². The highest BCUT2D eigenvalue weighted by Crippen LogP contribution is 2.31. The van der Waals surface area contributed by atoms with Gasteiger partial charge in [0.05, 0.1) is 0 Å². The van der Waals surface area contributed by atoms with Crippen LogP contribution in [-0.4, -0.2) is 0 Å². The summed E-state index contributed by atoms with van der Waals surface area (Å²) in [6.45, 7) is 0. The maximum atomic E-state index is 6.22. The second-order valence-electron chi connectivity index (χ2n) is 6.96. The summed E-state index contributed by atoms with van der Waals surface area (Å²) in [5.41, 5.74) is 0.973. The largest absolute Gasteiger partial charge is 0.451 e. The predicted molar refractivity (Wildman–Crippen MR) is 118 cm³/mol. The molecule has 2 nitrogen and oxygen atoms in total. The first-order valence-corrected chi connectivity index (χ1v) is 9.72. The highest BCUT2D eigenvalue weighted by atomic mass is 16.7. The summed E-state index contributed by atoms with van der Waals surface area (Å²) in [5.74, 6) is 1.54. The van der Waals surface area contributed by atoms with E-state index in [4.69, 9.17) is 9.47 Å². The van der Waals surface area contributed by atoms with Crippen molar-refractivity contribution < 1.29 is 9.47 Å². The third kappa shape index (κ3) is 3.65. The summed E-state index contributed by atoms with van der Waals surface area (Å²) < 4.78 is 12.4. The predicted octanol–water partition coefficient (Wildman–Crippen LogP) is 7.15. The van der Waals surface area contributed by atoms with Gasteiger partial charge < -0.3 is 9.47 Å². The summed E-state index contributed by atoms with van der Waals surface area (Å²) in [6, 6.07) is 38.7. The average Bonchev–Trinajstić information content (AvgIpc) is 2.79. The van der Waals surface area contributed by atoms with Gasteiger partial charge in [0.25, 0.3) is 6.29 Å². The molecule has 140 valence electrons. The van der Waals surface area contributed by atoms with E-state index in [0.717, 1.165) is 17.1 Å². The second-order valence-corrected chi connectivity index (χ2v) is 6.96. The molecule has 0 saturated carbocycles. The van der Waals surface area contributed by atoms with Crippen molar-refractivity contribution in [1.82, 2.24) is 0 Å². The monoisotopic (exact) mass is 376 g/mol. The summed E-state index contributed by atoms with van der Waals surface area (Å²) in [6.07, 6.45) is -0.546. The van der Waals surface area contributed by atoms with E-state index in [2.05, 4.69) is 54.6 Å². The van der Waals surface area contributed by atoms with Gasteiger partial charge in [-0.1, -0.05) is 84.9 Å². The van der Waals surface area contributed by atoms with Gasteiger partial charge in [-0.3, -0.25) is 0 Å². The third-order valence-electron chi connectivity index (χ3n) is 5.01. The van der Waals surface area contributed by atoms with E-state index >= 15 is 0 Å². The molecule has 0 aliphatic rings. The van der Waals surface area contributed by atoms with Crippen LogP contribution in [0.15, 0.2) is 115 Å². The Morgan fingerprint density at radius 1 is 0.448 bits per heavy atom. The molecule has 0 aromatic heterocycles. The Bertz CT molecular complexity index is 1210. The number of ether oxygens (including phenoxy) is 2. The molecule has 0 aliphatic heterocycles. The SMILES string of the molecule is c1ccc(OC(Oc2ccccc2)c2ccc3c(ccc4ccccc43)c2)cc1. The van der Waals surface area contributed by atoms with Crippen LogP contribution in [0.3, 0.4) is 0 Å². The lowest BCUT2D eigenvalue weighted by atomic mass is 10.00. The van der Waals surface area contributed by atoms with Gasteiger partial charge in [-0.25, -0.2) is 0 Å². The molecule has 0 unspecified atom stereocenters. The number of para-hydroxylation sites is 2. The summed E-state index contributed by atoms with van der Waals surface area (Å²) in [4.78, 5) is 0. The fourth-order valence-electron chi connectivity index (χ4n) is 3.58.